The molecule has 0 atom stereocenters. The summed E-state index contributed by atoms with van der Waals surface area (Å²) in [6.07, 6.45) is 9.61. The van der Waals surface area contributed by atoms with Crippen LogP contribution in [0, 0.1) is 0 Å². The normalized spacial score (nSPS) is 22.2. The average molecular weight is 230 g/mol. The number of carboxylic acids is 1. The Labute approximate surface area is 99.6 Å². The van der Waals surface area contributed by atoms with Crippen molar-refractivity contribution in [3.63, 3.8) is 0 Å². The van der Waals surface area contributed by atoms with Crippen molar-refractivity contribution in [2.45, 2.75) is 12.8 Å². The van der Waals surface area contributed by atoms with Crippen LogP contribution in [0.2, 0.25) is 0 Å². The van der Waals surface area contributed by atoms with Crippen LogP contribution >= 0.6 is 0 Å². The van der Waals surface area contributed by atoms with Crippen LogP contribution in [0.3, 0.4) is 0 Å². The molecular formula is C13H14N2O2. The molecule has 88 valence electrons. The number of allylic oxidation sites excluding steroid dienone is 2. The molecule has 0 bridgehead atoms. The van der Waals surface area contributed by atoms with Gasteiger partial charge in [0.2, 0.25) is 0 Å². The van der Waals surface area contributed by atoms with Crippen molar-refractivity contribution < 1.29 is 9.90 Å². The first-order valence-corrected chi connectivity index (χ1v) is 5.83. The topological polar surface area (TPSA) is 52.6 Å². The highest BCUT2D eigenvalue weighted by atomic mass is 16.4. The number of nitrogens with one attached hydrogen (secondary N) is 1. The largest absolute Gasteiger partial charge is 0.478 e. The van der Waals surface area contributed by atoms with Crippen molar-refractivity contribution in [1.82, 2.24) is 10.2 Å². The summed E-state index contributed by atoms with van der Waals surface area (Å²) >= 11 is 0. The van der Waals surface area contributed by atoms with Crippen molar-refractivity contribution in [1.29, 1.82) is 0 Å². The van der Waals surface area contributed by atoms with E-state index in [0.29, 0.717) is 5.57 Å². The standard InChI is InChI=1S/C13H14N2O2/c16-13(17)10-3-4-11-12-9(2-1-6-14-12)5-7-15(11)8-10/h2-4,8,14H,1,5-7H2,(H,16,17). The van der Waals surface area contributed by atoms with E-state index in [0.717, 1.165) is 31.6 Å². The van der Waals surface area contributed by atoms with Crippen LogP contribution in [0.25, 0.3) is 0 Å². The summed E-state index contributed by atoms with van der Waals surface area (Å²) in [5.74, 6) is -0.872. The molecule has 0 radical (unpaired) electrons. The van der Waals surface area contributed by atoms with E-state index in [4.69, 9.17) is 5.11 Å². The van der Waals surface area contributed by atoms with Gasteiger partial charge in [-0.05, 0) is 30.6 Å². The first-order valence-electron chi connectivity index (χ1n) is 5.83. The van der Waals surface area contributed by atoms with E-state index in [9.17, 15) is 4.79 Å². The van der Waals surface area contributed by atoms with E-state index in [1.54, 1.807) is 12.3 Å². The Morgan fingerprint density at radius 1 is 1.41 bits per heavy atom. The van der Waals surface area contributed by atoms with Crippen LogP contribution in [-0.4, -0.2) is 29.1 Å². The molecule has 0 saturated carbocycles. The number of hydrogen-bond donors (Lipinski definition) is 2. The van der Waals surface area contributed by atoms with Crippen molar-refractivity contribution in [3.05, 3.63) is 47.0 Å². The molecular weight excluding hydrogens is 216 g/mol. The van der Waals surface area contributed by atoms with Gasteiger partial charge in [-0.15, -0.1) is 0 Å². The highest BCUT2D eigenvalue weighted by Gasteiger charge is 2.25. The van der Waals surface area contributed by atoms with Crippen molar-refractivity contribution in [3.8, 4) is 0 Å². The molecule has 0 unspecified atom stereocenters. The quantitative estimate of drug-likeness (QED) is 0.714. The first-order chi connectivity index (χ1) is 8.25. The lowest BCUT2D eigenvalue weighted by Crippen LogP contribution is -2.34. The summed E-state index contributed by atoms with van der Waals surface area (Å²) in [4.78, 5) is 12.9. The van der Waals surface area contributed by atoms with E-state index < -0.39 is 5.97 Å². The van der Waals surface area contributed by atoms with Gasteiger partial charge in [-0.3, -0.25) is 0 Å². The maximum Gasteiger partial charge on any atom is 0.337 e. The minimum atomic E-state index is -0.872. The Morgan fingerprint density at radius 2 is 2.29 bits per heavy atom. The van der Waals surface area contributed by atoms with Gasteiger partial charge in [0.05, 0.1) is 17.0 Å². The van der Waals surface area contributed by atoms with Gasteiger partial charge in [-0.25, -0.2) is 4.79 Å². The Balaban J connectivity index is 2.01. The predicted molar refractivity (Wildman–Crippen MR) is 63.9 cm³/mol. The molecule has 0 aliphatic carbocycles. The third-order valence-corrected chi connectivity index (χ3v) is 3.31. The van der Waals surface area contributed by atoms with Gasteiger partial charge in [0.15, 0.2) is 0 Å². The molecule has 3 heterocycles. The molecule has 0 aromatic carbocycles. The lowest BCUT2D eigenvalue weighted by molar-refractivity contribution is -0.132. The fraction of sp³-hybridized carbons (Fsp3) is 0.308. The van der Waals surface area contributed by atoms with Gasteiger partial charge in [-0.2, -0.15) is 0 Å². The lowest BCUT2D eigenvalue weighted by atomic mass is 9.96. The van der Waals surface area contributed by atoms with Gasteiger partial charge < -0.3 is 15.3 Å². The smallest absolute Gasteiger partial charge is 0.337 e. The molecule has 3 aliphatic heterocycles. The average Bonchev–Trinajstić information content (AvgIpc) is 2.38. The summed E-state index contributed by atoms with van der Waals surface area (Å²) in [6.45, 7) is 1.81. The predicted octanol–water partition coefficient (Wildman–Crippen LogP) is 1.36. The van der Waals surface area contributed by atoms with Gasteiger partial charge in [0.25, 0.3) is 0 Å². The van der Waals surface area contributed by atoms with E-state index >= 15 is 0 Å². The summed E-state index contributed by atoms with van der Waals surface area (Å²) in [5, 5.41) is 12.4. The van der Waals surface area contributed by atoms with Crippen LogP contribution in [0.1, 0.15) is 12.8 Å². The number of carbonyl (C=O) groups is 1. The molecule has 0 saturated heterocycles. The molecule has 0 spiro atoms. The van der Waals surface area contributed by atoms with Crippen LogP contribution in [0.4, 0.5) is 0 Å². The maximum absolute atomic E-state index is 10.9. The van der Waals surface area contributed by atoms with Crippen molar-refractivity contribution >= 4 is 5.97 Å². The summed E-state index contributed by atoms with van der Waals surface area (Å²) in [5.41, 5.74) is 3.96. The van der Waals surface area contributed by atoms with Crippen LogP contribution < -0.4 is 5.32 Å². The SMILES string of the molecule is O=C(O)C1=CN2CCC3=CCCNC3=C2C=C1. The third kappa shape index (κ3) is 1.65. The zero-order valence-corrected chi connectivity index (χ0v) is 9.44. The van der Waals surface area contributed by atoms with Crippen molar-refractivity contribution in [2.24, 2.45) is 0 Å². The minimum Gasteiger partial charge on any atom is -0.478 e. The number of carboxylic acid groups (broad SMARTS) is 1. The summed E-state index contributed by atoms with van der Waals surface area (Å²) in [7, 11) is 0. The second-order valence-corrected chi connectivity index (χ2v) is 4.37. The number of fused-ring (bicyclic) bond motifs is 2. The van der Waals surface area contributed by atoms with Gasteiger partial charge in [0, 0.05) is 19.3 Å². The van der Waals surface area contributed by atoms with E-state index in [1.807, 2.05) is 11.0 Å². The fourth-order valence-corrected chi connectivity index (χ4v) is 2.47. The van der Waals surface area contributed by atoms with Gasteiger partial charge in [-0.1, -0.05) is 6.08 Å². The van der Waals surface area contributed by atoms with E-state index in [-0.39, 0.29) is 0 Å². The fourth-order valence-electron chi connectivity index (χ4n) is 2.47. The molecule has 4 nitrogen and oxygen atoms in total. The summed E-state index contributed by atoms with van der Waals surface area (Å²) in [6, 6.07) is 0. The second-order valence-electron chi connectivity index (χ2n) is 4.37. The number of hydrogen-bond acceptors (Lipinski definition) is 3. The van der Waals surface area contributed by atoms with Crippen molar-refractivity contribution in [2.75, 3.05) is 13.1 Å². The Kier molecular flexibility index (Phi) is 2.28. The zero-order chi connectivity index (χ0) is 11.8. The minimum absolute atomic E-state index is 0.345. The Morgan fingerprint density at radius 3 is 3.12 bits per heavy atom. The Hall–Kier alpha value is -1.97. The Bertz CT molecular complexity index is 498. The number of rotatable bonds is 1. The molecule has 4 heteroatoms. The highest BCUT2D eigenvalue weighted by Crippen LogP contribution is 2.31. The summed E-state index contributed by atoms with van der Waals surface area (Å²) < 4.78 is 0. The zero-order valence-electron chi connectivity index (χ0n) is 9.44. The molecule has 3 aliphatic rings. The second kappa shape index (κ2) is 3.80. The molecule has 17 heavy (non-hydrogen) atoms. The molecule has 2 N–H and O–H groups in total. The van der Waals surface area contributed by atoms with E-state index in [2.05, 4.69) is 11.4 Å². The highest BCUT2D eigenvalue weighted by molar-refractivity contribution is 5.90. The van der Waals surface area contributed by atoms with Crippen LogP contribution in [0.5, 0.6) is 0 Å². The number of nitrogens with zero attached hydrogens (tertiary/aromatic N) is 1. The van der Waals surface area contributed by atoms with E-state index in [1.165, 1.54) is 11.3 Å². The maximum atomic E-state index is 10.9. The molecule has 0 fully saturated rings. The third-order valence-electron chi connectivity index (χ3n) is 3.31. The first kappa shape index (κ1) is 10.2. The lowest BCUT2D eigenvalue weighted by Gasteiger charge is -2.35. The monoisotopic (exact) mass is 230 g/mol. The van der Waals surface area contributed by atoms with Gasteiger partial charge in [0.1, 0.15) is 0 Å². The molecule has 0 aromatic rings. The molecule has 0 amide bonds. The van der Waals surface area contributed by atoms with Crippen LogP contribution in [-0.2, 0) is 4.79 Å². The van der Waals surface area contributed by atoms with Gasteiger partial charge >= 0.3 is 5.97 Å². The van der Waals surface area contributed by atoms with Crippen LogP contribution in [0.15, 0.2) is 47.0 Å². The number of aliphatic carboxylic acids is 1. The molecule has 0 aromatic heterocycles. The molecule has 3 rings (SSSR count).